The van der Waals surface area contributed by atoms with E-state index in [0.29, 0.717) is 36.2 Å². The van der Waals surface area contributed by atoms with E-state index >= 15 is 0 Å². The van der Waals surface area contributed by atoms with Gasteiger partial charge in [0.15, 0.2) is 0 Å². The van der Waals surface area contributed by atoms with Crippen LogP contribution in [-0.2, 0) is 6.42 Å². The summed E-state index contributed by atoms with van der Waals surface area (Å²) in [6, 6.07) is 23.4. The van der Waals surface area contributed by atoms with E-state index < -0.39 is 0 Å². The van der Waals surface area contributed by atoms with Crippen molar-refractivity contribution < 1.29 is 9.53 Å². The van der Waals surface area contributed by atoms with Crippen LogP contribution in [0.3, 0.4) is 0 Å². The largest absolute Gasteiger partial charge is 0.439 e. The molecule has 0 atom stereocenters. The maximum Gasteiger partial charge on any atom is 0.270 e. The second-order valence-electron chi connectivity index (χ2n) is 7.21. The molecule has 1 heterocycles. The summed E-state index contributed by atoms with van der Waals surface area (Å²) in [7, 11) is 0. The van der Waals surface area contributed by atoms with Gasteiger partial charge in [-0.05, 0) is 48.1 Å². The predicted octanol–water partition coefficient (Wildman–Crippen LogP) is 5.24. The maximum atomic E-state index is 12.6. The number of hydrogen-bond acceptors (Lipinski definition) is 3. The summed E-state index contributed by atoms with van der Waals surface area (Å²) in [5.41, 5.74) is 2.54. The Morgan fingerprint density at radius 3 is 2.32 bits per heavy atom. The van der Waals surface area contributed by atoms with E-state index in [1.54, 1.807) is 0 Å². The smallest absolute Gasteiger partial charge is 0.270 e. The third-order valence-electron chi connectivity index (χ3n) is 4.32. The molecule has 1 N–H and O–H groups in total. The first kappa shape index (κ1) is 19.6. The molecule has 0 saturated carbocycles. The first-order valence-corrected chi connectivity index (χ1v) is 9.66. The zero-order valence-corrected chi connectivity index (χ0v) is 16.4. The molecule has 3 aromatic rings. The summed E-state index contributed by atoms with van der Waals surface area (Å²) in [6.07, 6.45) is 1.64. The van der Waals surface area contributed by atoms with Gasteiger partial charge in [-0.15, -0.1) is 0 Å². The molecule has 0 aliphatic carbocycles. The van der Waals surface area contributed by atoms with E-state index in [1.165, 1.54) is 5.56 Å². The Morgan fingerprint density at radius 1 is 0.964 bits per heavy atom. The van der Waals surface area contributed by atoms with Crippen LogP contribution < -0.4 is 10.1 Å². The number of pyridine rings is 1. The van der Waals surface area contributed by atoms with Gasteiger partial charge in [-0.25, -0.2) is 4.98 Å². The molecular weight excluding hydrogens is 348 g/mol. The molecule has 0 aliphatic heterocycles. The molecule has 0 spiro atoms. The number of nitrogens with one attached hydrogen (secondary N) is 1. The van der Waals surface area contributed by atoms with Gasteiger partial charge in [0.05, 0.1) is 0 Å². The number of para-hydroxylation sites is 1. The Bertz CT molecular complexity index is 833. The average Bonchev–Trinajstić information content (AvgIpc) is 2.69. The molecule has 144 valence electrons. The first-order valence-electron chi connectivity index (χ1n) is 9.66. The minimum absolute atomic E-state index is 0.173. The van der Waals surface area contributed by atoms with Gasteiger partial charge in [0.25, 0.3) is 5.91 Å². The van der Waals surface area contributed by atoms with Crippen LogP contribution >= 0.6 is 0 Å². The van der Waals surface area contributed by atoms with Gasteiger partial charge in [0, 0.05) is 12.6 Å². The predicted molar refractivity (Wildman–Crippen MR) is 112 cm³/mol. The fraction of sp³-hybridized carbons (Fsp3) is 0.250. The first-order chi connectivity index (χ1) is 13.6. The number of rotatable bonds is 8. The summed E-state index contributed by atoms with van der Waals surface area (Å²) in [6.45, 7) is 4.91. The van der Waals surface area contributed by atoms with Crippen molar-refractivity contribution in [3.05, 3.63) is 89.6 Å². The minimum atomic E-state index is -0.173. The van der Waals surface area contributed by atoms with E-state index in [2.05, 4.69) is 36.3 Å². The van der Waals surface area contributed by atoms with Crippen LogP contribution in [-0.4, -0.2) is 17.4 Å². The molecule has 0 radical (unpaired) electrons. The normalized spacial score (nSPS) is 10.7. The highest BCUT2D eigenvalue weighted by molar-refractivity contribution is 5.92. The Morgan fingerprint density at radius 2 is 1.64 bits per heavy atom. The molecule has 3 rings (SSSR count). The van der Waals surface area contributed by atoms with E-state index in [1.807, 2.05) is 60.7 Å². The van der Waals surface area contributed by atoms with Gasteiger partial charge in [0.1, 0.15) is 11.4 Å². The summed E-state index contributed by atoms with van der Waals surface area (Å²) in [5, 5.41) is 2.96. The topological polar surface area (TPSA) is 51.2 Å². The van der Waals surface area contributed by atoms with Crippen molar-refractivity contribution in [1.82, 2.24) is 10.3 Å². The SMILES string of the molecule is CC(C)CCNC(=O)c1cc(Cc2ccccc2)cc(Oc2ccccc2)n1. The molecule has 0 aliphatic rings. The van der Waals surface area contributed by atoms with Crippen molar-refractivity contribution in [2.75, 3.05) is 6.54 Å². The lowest BCUT2D eigenvalue weighted by molar-refractivity contribution is 0.0946. The molecule has 28 heavy (non-hydrogen) atoms. The van der Waals surface area contributed by atoms with Gasteiger partial charge >= 0.3 is 0 Å². The van der Waals surface area contributed by atoms with E-state index in [-0.39, 0.29) is 5.91 Å². The van der Waals surface area contributed by atoms with Crippen LogP contribution in [0.5, 0.6) is 11.6 Å². The third kappa shape index (κ3) is 5.95. The van der Waals surface area contributed by atoms with Crippen LogP contribution in [0.2, 0.25) is 0 Å². The summed E-state index contributed by atoms with van der Waals surface area (Å²) in [5.74, 6) is 1.48. The zero-order valence-electron chi connectivity index (χ0n) is 16.4. The fourth-order valence-electron chi connectivity index (χ4n) is 2.84. The van der Waals surface area contributed by atoms with Gasteiger partial charge in [0.2, 0.25) is 5.88 Å². The second-order valence-corrected chi connectivity index (χ2v) is 7.21. The summed E-state index contributed by atoms with van der Waals surface area (Å²) in [4.78, 5) is 17.0. The molecule has 0 bridgehead atoms. The zero-order chi connectivity index (χ0) is 19.8. The lowest BCUT2D eigenvalue weighted by Gasteiger charge is -2.11. The molecule has 4 nitrogen and oxygen atoms in total. The van der Waals surface area contributed by atoms with E-state index in [9.17, 15) is 4.79 Å². The Labute approximate surface area is 166 Å². The number of carbonyl (C=O) groups is 1. The molecule has 1 aromatic heterocycles. The van der Waals surface area contributed by atoms with Crippen molar-refractivity contribution in [2.24, 2.45) is 5.92 Å². The van der Waals surface area contributed by atoms with Gasteiger partial charge in [-0.3, -0.25) is 4.79 Å². The van der Waals surface area contributed by atoms with Crippen molar-refractivity contribution in [1.29, 1.82) is 0 Å². The monoisotopic (exact) mass is 374 g/mol. The van der Waals surface area contributed by atoms with Gasteiger partial charge < -0.3 is 10.1 Å². The average molecular weight is 374 g/mol. The molecular formula is C24H26N2O2. The van der Waals surface area contributed by atoms with Crippen LogP contribution in [0.4, 0.5) is 0 Å². The second kappa shape index (κ2) is 9.70. The standard InChI is InChI=1S/C24H26N2O2/c1-18(2)13-14-25-24(27)22-16-20(15-19-9-5-3-6-10-19)17-23(26-22)28-21-11-7-4-8-12-21/h3-12,16-18H,13-15H2,1-2H3,(H,25,27). The van der Waals surface area contributed by atoms with Crippen LogP contribution in [0.25, 0.3) is 0 Å². The molecule has 1 amide bonds. The fourth-order valence-corrected chi connectivity index (χ4v) is 2.84. The van der Waals surface area contributed by atoms with Crippen molar-refractivity contribution in [3.8, 4) is 11.6 Å². The number of benzene rings is 2. The van der Waals surface area contributed by atoms with Crippen LogP contribution in [0.15, 0.2) is 72.8 Å². The molecule has 0 fully saturated rings. The lowest BCUT2D eigenvalue weighted by atomic mass is 10.0. The van der Waals surface area contributed by atoms with Crippen molar-refractivity contribution in [3.63, 3.8) is 0 Å². The van der Waals surface area contributed by atoms with Gasteiger partial charge in [-0.2, -0.15) is 0 Å². The highest BCUT2D eigenvalue weighted by Gasteiger charge is 2.12. The van der Waals surface area contributed by atoms with Crippen LogP contribution in [0.1, 0.15) is 41.9 Å². The molecule has 0 unspecified atom stereocenters. The van der Waals surface area contributed by atoms with Crippen molar-refractivity contribution in [2.45, 2.75) is 26.7 Å². The van der Waals surface area contributed by atoms with Gasteiger partial charge in [-0.1, -0.05) is 62.4 Å². The summed E-state index contributed by atoms with van der Waals surface area (Å²) < 4.78 is 5.90. The minimum Gasteiger partial charge on any atom is -0.439 e. The quantitative estimate of drug-likeness (QED) is 0.586. The molecule has 2 aromatic carbocycles. The number of hydrogen-bond donors (Lipinski definition) is 1. The Kier molecular flexibility index (Phi) is 6.79. The number of aromatic nitrogens is 1. The van der Waals surface area contributed by atoms with E-state index in [0.717, 1.165) is 12.0 Å². The number of nitrogens with zero attached hydrogens (tertiary/aromatic N) is 1. The third-order valence-corrected chi connectivity index (χ3v) is 4.32. The maximum absolute atomic E-state index is 12.6. The molecule has 0 saturated heterocycles. The van der Waals surface area contributed by atoms with E-state index in [4.69, 9.17) is 4.74 Å². The van der Waals surface area contributed by atoms with Crippen LogP contribution in [0, 0.1) is 5.92 Å². The number of carbonyl (C=O) groups excluding carboxylic acids is 1. The Balaban J connectivity index is 1.83. The molecule has 4 heteroatoms. The lowest BCUT2D eigenvalue weighted by Crippen LogP contribution is -2.26. The number of ether oxygens (including phenoxy) is 1. The highest BCUT2D eigenvalue weighted by atomic mass is 16.5. The van der Waals surface area contributed by atoms with Crippen molar-refractivity contribution >= 4 is 5.91 Å². The highest BCUT2D eigenvalue weighted by Crippen LogP contribution is 2.22. The summed E-state index contributed by atoms with van der Waals surface area (Å²) >= 11 is 0. The number of amides is 1. The Hall–Kier alpha value is -3.14.